The summed E-state index contributed by atoms with van der Waals surface area (Å²) in [6, 6.07) is 9.44. The number of carbonyl (C=O) groups is 1. The van der Waals surface area contributed by atoms with Crippen LogP contribution in [-0.4, -0.2) is 29.9 Å². The smallest absolute Gasteiger partial charge is 0.319 e. The van der Waals surface area contributed by atoms with Crippen molar-refractivity contribution in [2.24, 2.45) is 0 Å². The topological polar surface area (TPSA) is 98.1 Å². The van der Waals surface area contributed by atoms with E-state index in [9.17, 15) is 40.0 Å². The number of carbonyl (C=O) groups excluding carboxylic acids is 1. The van der Waals surface area contributed by atoms with Crippen molar-refractivity contribution in [1.82, 2.24) is 9.78 Å². The van der Waals surface area contributed by atoms with Crippen LogP contribution in [0.4, 0.5) is 27.6 Å². The molecule has 2 aromatic carbocycles. The summed E-state index contributed by atoms with van der Waals surface area (Å²) < 4.78 is 90.6. The Labute approximate surface area is 183 Å². The number of anilines is 1. The van der Waals surface area contributed by atoms with E-state index in [1.165, 1.54) is 19.1 Å². The molecule has 174 valence electrons. The average molecular weight is 487 g/mol. The molecule has 0 fully saturated rings. The molecule has 0 aliphatic heterocycles. The summed E-state index contributed by atoms with van der Waals surface area (Å²) >= 11 is 0. The zero-order valence-corrected chi connectivity index (χ0v) is 17.4. The van der Waals surface area contributed by atoms with E-state index in [0.717, 1.165) is 47.1 Å². The lowest BCUT2D eigenvalue weighted by atomic mass is 10.1. The van der Waals surface area contributed by atoms with Gasteiger partial charge >= 0.3 is 11.9 Å². The number of alkyl halides is 5. The van der Waals surface area contributed by atoms with Crippen LogP contribution in [0.15, 0.2) is 64.3 Å². The fourth-order valence-electron chi connectivity index (χ4n) is 2.94. The number of sulfone groups is 1. The van der Waals surface area contributed by atoms with Crippen LogP contribution in [0.1, 0.15) is 21.7 Å². The summed E-state index contributed by atoms with van der Waals surface area (Å²) in [4.78, 5) is 24.1. The highest BCUT2D eigenvalue weighted by molar-refractivity contribution is 7.91. The minimum atomic E-state index is -5.10. The number of amides is 1. The van der Waals surface area contributed by atoms with Gasteiger partial charge in [0.15, 0.2) is 5.69 Å². The molecule has 0 aliphatic carbocycles. The van der Waals surface area contributed by atoms with Gasteiger partial charge < -0.3 is 5.32 Å². The fraction of sp³-hybridized carbons (Fsp3) is 0.150. The number of benzene rings is 2. The van der Waals surface area contributed by atoms with E-state index in [1.54, 1.807) is 0 Å². The number of aryl methyl sites for hydroxylation is 1. The number of hydrogen-bond donors (Lipinski definition) is 1. The van der Waals surface area contributed by atoms with Gasteiger partial charge in [-0.15, -0.1) is 0 Å². The standard InChI is InChI=1S/C20H14F5N3O4S/c1-11-10-15(29)17(27-28(11)14-8-4-2-6-12(14)20(23,24)25)18(30)26-13-7-3-5-9-16(13)33(31,32)19(21)22/h2-10,19H,1H3,(H,26,30). The first-order valence-electron chi connectivity index (χ1n) is 9.04. The van der Waals surface area contributed by atoms with E-state index in [-0.39, 0.29) is 5.69 Å². The van der Waals surface area contributed by atoms with Crippen molar-refractivity contribution < 1.29 is 35.2 Å². The molecule has 1 amide bonds. The molecular weight excluding hydrogens is 473 g/mol. The maximum absolute atomic E-state index is 13.4. The number of halogens is 5. The highest BCUT2D eigenvalue weighted by Gasteiger charge is 2.34. The fourth-order valence-corrected chi connectivity index (χ4v) is 3.83. The number of nitrogens with zero attached hydrogens (tertiary/aromatic N) is 2. The second-order valence-corrected chi connectivity index (χ2v) is 8.57. The zero-order chi connectivity index (χ0) is 24.6. The summed E-state index contributed by atoms with van der Waals surface area (Å²) in [5.41, 5.74) is -3.95. The maximum atomic E-state index is 13.4. The number of aromatic nitrogens is 2. The molecule has 0 unspecified atom stereocenters. The second kappa shape index (κ2) is 8.73. The summed E-state index contributed by atoms with van der Waals surface area (Å²) in [6.45, 7) is 1.30. The van der Waals surface area contributed by atoms with Gasteiger partial charge in [-0.2, -0.15) is 27.1 Å². The Bertz CT molecular complexity index is 1380. The van der Waals surface area contributed by atoms with E-state index in [4.69, 9.17) is 0 Å². The van der Waals surface area contributed by atoms with Crippen molar-refractivity contribution in [2.45, 2.75) is 23.8 Å². The van der Waals surface area contributed by atoms with Crippen molar-refractivity contribution in [2.75, 3.05) is 5.32 Å². The number of rotatable bonds is 5. The summed E-state index contributed by atoms with van der Waals surface area (Å²) in [7, 11) is -5.10. The lowest BCUT2D eigenvalue weighted by Crippen LogP contribution is -2.28. The molecule has 0 bridgehead atoms. The van der Waals surface area contributed by atoms with E-state index < -0.39 is 60.6 Å². The molecule has 3 rings (SSSR count). The molecule has 3 aromatic rings. The third kappa shape index (κ3) is 4.77. The Morgan fingerprint density at radius 3 is 2.30 bits per heavy atom. The van der Waals surface area contributed by atoms with Crippen LogP contribution in [-0.2, 0) is 16.0 Å². The molecule has 13 heteroatoms. The van der Waals surface area contributed by atoms with E-state index in [0.29, 0.717) is 0 Å². The van der Waals surface area contributed by atoms with E-state index in [1.807, 2.05) is 5.32 Å². The highest BCUT2D eigenvalue weighted by atomic mass is 32.2. The molecular formula is C20H14F5N3O4S. The Morgan fingerprint density at radius 1 is 1.06 bits per heavy atom. The van der Waals surface area contributed by atoms with E-state index >= 15 is 0 Å². The minimum absolute atomic E-state index is 0.0195. The lowest BCUT2D eigenvalue weighted by Gasteiger charge is -2.17. The molecule has 0 radical (unpaired) electrons. The number of hydrogen-bond acceptors (Lipinski definition) is 5. The van der Waals surface area contributed by atoms with Gasteiger partial charge in [-0.1, -0.05) is 24.3 Å². The van der Waals surface area contributed by atoms with Gasteiger partial charge in [0.1, 0.15) is 0 Å². The summed E-state index contributed by atoms with van der Waals surface area (Å²) in [6.07, 6.45) is -4.77. The molecule has 1 N–H and O–H groups in total. The van der Waals surface area contributed by atoms with Gasteiger partial charge in [-0.05, 0) is 31.2 Å². The average Bonchev–Trinajstić information content (AvgIpc) is 2.73. The van der Waals surface area contributed by atoms with Gasteiger partial charge in [-0.3, -0.25) is 9.59 Å². The summed E-state index contributed by atoms with van der Waals surface area (Å²) in [5.74, 6) is -5.07. The molecule has 33 heavy (non-hydrogen) atoms. The van der Waals surface area contributed by atoms with Gasteiger partial charge in [0.2, 0.25) is 15.3 Å². The predicted octanol–water partition coefficient (Wildman–Crippen LogP) is 3.81. The first-order chi connectivity index (χ1) is 15.3. The second-order valence-electron chi connectivity index (χ2n) is 6.68. The van der Waals surface area contributed by atoms with Crippen LogP contribution in [0.3, 0.4) is 0 Å². The molecule has 1 aromatic heterocycles. The van der Waals surface area contributed by atoms with Crippen molar-refractivity contribution in [1.29, 1.82) is 0 Å². The van der Waals surface area contributed by atoms with Gasteiger partial charge in [0, 0.05) is 11.8 Å². The van der Waals surface area contributed by atoms with Crippen molar-refractivity contribution in [3.63, 3.8) is 0 Å². The highest BCUT2D eigenvalue weighted by Crippen LogP contribution is 2.33. The molecule has 0 atom stereocenters. The third-order valence-corrected chi connectivity index (χ3v) is 5.87. The van der Waals surface area contributed by atoms with E-state index in [2.05, 4.69) is 5.10 Å². The molecule has 0 saturated carbocycles. The minimum Gasteiger partial charge on any atom is -0.319 e. The Kier molecular flexibility index (Phi) is 6.36. The van der Waals surface area contributed by atoms with Crippen LogP contribution in [0.2, 0.25) is 0 Å². The number of nitrogens with one attached hydrogen (secondary N) is 1. The first kappa shape index (κ1) is 24.0. The SMILES string of the molecule is Cc1cc(=O)c(C(=O)Nc2ccccc2S(=O)(=O)C(F)F)nn1-c1ccccc1C(F)(F)F. The van der Waals surface area contributed by atoms with Crippen molar-refractivity contribution in [3.8, 4) is 5.69 Å². The Hall–Kier alpha value is -3.61. The Balaban J connectivity index is 2.10. The van der Waals surface area contributed by atoms with Gasteiger partial charge in [-0.25, -0.2) is 13.1 Å². The molecule has 0 aliphatic rings. The van der Waals surface area contributed by atoms with Crippen LogP contribution in [0, 0.1) is 6.92 Å². The lowest BCUT2D eigenvalue weighted by molar-refractivity contribution is -0.137. The normalized spacial score (nSPS) is 12.1. The quantitative estimate of drug-likeness (QED) is 0.552. The summed E-state index contributed by atoms with van der Waals surface area (Å²) in [5, 5.41) is 5.76. The zero-order valence-electron chi connectivity index (χ0n) is 16.6. The van der Waals surface area contributed by atoms with Gasteiger partial charge in [0.05, 0.1) is 21.8 Å². The third-order valence-electron chi connectivity index (χ3n) is 4.44. The maximum Gasteiger partial charge on any atom is 0.418 e. The van der Waals surface area contributed by atoms with Crippen LogP contribution in [0.5, 0.6) is 0 Å². The van der Waals surface area contributed by atoms with Crippen molar-refractivity contribution in [3.05, 3.63) is 81.8 Å². The molecule has 0 spiro atoms. The van der Waals surface area contributed by atoms with Crippen molar-refractivity contribution >= 4 is 21.4 Å². The van der Waals surface area contributed by atoms with Crippen LogP contribution in [0.25, 0.3) is 5.69 Å². The monoisotopic (exact) mass is 487 g/mol. The molecule has 1 heterocycles. The predicted molar refractivity (Wildman–Crippen MR) is 107 cm³/mol. The van der Waals surface area contributed by atoms with Crippen LogP contribution < -0.4 is 10.7 Å². The molecule has 7 nitrogen and oxygen atoms in total. The van der Waals surface area contributed by atoms with Crippen LogP contribution >= 0.6 is 0 Å². The molecule has 0 saturated heterocycles. The first-order valence-corrected chi connectivity index (χ1v) is 10.6. The van der Waals surface area contributed by atoms with Gasteiger partial charge in [0.25, 0.3) is 5.91 Å². The Morgan fingerprint density at radius 2 is 1.67 bits per heavy atom. The largest absolute Gasteiger partial charge is 0.418 e. The number of para-hydroxylation sites is 2.